The molecule has 30 heteroatoms. The lowest BCUT2D eigenvalue weighted by atomic mass is 9.78. The van der Waals surface area contributed by atoms with Gasteiger partial charge in [-0.2, -0.15) is 20.4 Å². The van der Waals surface area contributed by atoms with Crippen molar-refractivity contribution in [3.63, 3.8) is 0 Å². The number of para-hydroxylation sites is 1. The molecule has 7 aromatic rings. The Kier molecular flexibility index (Phi) is 39.2. The number of hydrazone groups is 3. The molecule has 23 nitrogen and oxygen atoms in total. The van der Waals surface area contributed by atoms with Crippen LogP contribution in [0.5, 0.6) is 11.6 Å². The Hall–Kier alpha value is -9.81. The van der Waals surface area contributed by atoms with Crippen LogP contribution in [0.25, 0.3) is 22.0 Å². The van der Waals surface area contributed by atoms with Gasteiger partial charge in [-0.15, -0.1) is 15.3 Å². The number of allylic oxidation sites excluding steroid dienone is 2. The second-order valence-corrected chi connectivity index (χ2v) is 30.1. The normalized spacial score (nSPS) is 17.6. The van der Waals surface area contributed by atoms with Gasteiger partial charge in [0.15, 0.2) is 26.1 Å². The van der Waals surface area contributed by atoms with E-state index < -0.39 is 0 Å². The third-order valence-corrected chi connectivity index (χ3v) is 19.9. The molecule has 3 saturated carbocycles. The first-order valence-electron chi connectivity index (χ1n) is 37.9. The van der Waals surface area contributed by atoms with Crippen molar-refractivity contribution in [2.45, 2.75) is 163 Å². The fourth-order valence-corrected chi connectivity index (χ4v) is 14.3. The highest BCUT2D eigenvalue weighted by atomic mass is 35.5. The second kappa shape index (κ2) is 49.0. The Labute approximate surface area is 701 Å². The summed E-state index contributed by atoms with van der Waals surface area (Å²) in [5.74, 6) is 3.14. The van der Waals surface area contributed by atoms with Crippen LogP contribution in [-0.2, 0) is 0 Å². The minimum atomic E-state index is -0.170. The van der Waals surface area contributed by atoms with Crippen molar-refractivity contribution in [3.8, 4) is 22.8 Å². The summed E-state index contributed by atoms with van der Waals surface area (Å²) in [6.45, 7) is 12.0. The number of ether oxygens (including phenoxy) is 1. The van der Waals surface area contributed by atoms with E-state index in [1.54, 1.807) is 17.7 Å². The van der Waals surface area contributed by atoms with Crippen LogP contribution in [0.1, 0.15) is 179 Å². The van der Waals surface area contributed by atoms with Gasteiger partial charge in [-0.3, -0.25) is 32.1 Å². The van der Waals surface area contributed by atoms with Crippen LogP contribution in [0.4, 0.5) is 17.1 Å². The molecule has 113 heavy (non-hydrogen) atoms. The molecular weight excluding hydrogens is 1550 g/mol. The zero-order chi connectivity index (χ0) is 80.0. The van der Waals surface area contributed by atoms with Crippen LogP contribution in [0.2, 0.25) is 10.0 Å². The number of nitrogens with two attached hydrogens (primary N) is 4. The molecule has 13 rings (SSSR count). The summed E-state index contributed by atoms with van der Waals surface area (Å²) in [4.78, 5) is 7.21. The van der Waals surface area contributed by atoms with Crippen LogP contribution in [0.15, 0.2) is 210 Å². The number of halogens is 2. The Morgan fingerprint density at radius 1 is 0.628 bits per heavy atom. The van der Waals surface area contributed by atoms with Gasteiger partial charge in [0.05, 0.1) is 22.9 Å². The van der Waals surface area contributed by atoms with Crippen molar-refractivity contribution in [2.75, 3.05) is 30.3 Å². The Balaban J connectivity index is 0.000000190. The number of nitrogens with zero attached hydrogens (tertiary/aromatic N) is 8. The first-order valence-corrected chi connectivity index (χ1v) is 40.7. The van der Waals surface area contributed by atoms with E-state index in [9.17, 15) is 5.11 Å². The number of hydrogen-bond donors (Lipinski definition) is 14. The Morgan fingerprint density at radius 2 is 1.21 bits per heavy atom. The maximum atomic E-state index is 10.0. The number of hydrogen-bond acceptors (Lipinski definition) is 15. The molecule has 600 valence electrons. The summed E-state index contributed by atoms with van der Waals surface area (Å²) in [7, 11) is 0. The first-order chi connectivity index (χ1) is 54.2. The van der Waals surface area contributed by atoms with Gasteiger partial charge in [-0.05, 0) is 242 Å². The SMILES string of the molecule is C.C=C(C)CNC(=S)NN=C1c2ccccc2-c2ccccc21.CC1CCCC/C1=N\NC(N)=S.CCOc1ccc(NC(=S)N=Nc2c(O)[nH]c3c(Cl)cc(Cl)cc23)cc1.NC(=S)N/N=C1\CCCCC1c1ccccc1.NC(N)=N/N=C1\CCCCC1C1=CCCCC1.S=C(NNC1=NCCCCC1)Nc1ccccc1. The van der Waals surface area contributed by atoms with Gasteiger partial charge in [-0.1, -0.05) is 184 Å². The Morgan fingerprint density at radius 3 is 1.83 bits per heavy atom. The number of aromatic amines is 1. The number of aromatic hydroxyl groups is 1. The molecule has 1 aliphatic heterocycles. The van der Waals surface area contributed by atoms with Gasteiger partial charge >= 0.3 is 0 Å². The predicted octanol–water partition coefficient (Wildman–Crippen LogP) is 18.8. The van der Waals surface area contributed by atoms with Crippen LogP contribution < -0.4 is 70.8 Å². The van der Waals surface area contributed by atoms with E-state index in [-0.39, 0.29) is 40.3 Å². The number of aliphatic imine (C=N–C) groups is 1. The molecule has 3 fully saturated rings. The zero-order valence-corrected chi connectivity index (χ0v) is 69.3. The van der Waals surface area contributed by atoms with Crippen LogP contribution in [0.3, 0.4) is 0 Å². The molecule has 0 radical (unpaired) electrons. The number of hydrazine groups is 1. The minimum absolute atomic E-state index is 0. The van der Waals surface area contributed by atoms with E-state index >= 15 is 0 Å². The molecule has 0 saturated heterocycles. The topological polar surface area (TPSA) is 344 Å². The smallest absolute Gasteiger partial charge is 0.218 e. The third-order valence-electron chi connectivity index (χ3n) is 18.6. The van der Waals surface area contributed by atoms with Gasteiger partial charge in [0.25, 0.3) is 0 Å². The summed E-state index contributed by atoms with van der Waals surface area (Å²) in [5.41, 5.74) is 51.2. The van der Waals surface area contributed by atoms with E-state index in [0.29, 0.717) is 62.1 Å². The zero-order valence-electron chi connectivity index (χ0n) is 63.7. The van der Waals surface area contributed by atoms with Gasteiger partial charge < -0.3 is 53.7 Å². The summed E-state index contributed by atoms with van der Waals surface area (Å²) >= 11 is 37.2. The van der Waals surface area contributed by atoms with Crippen molar-refractivity contribution >= 4 is 172 Å². The Bertz CT molecular complexity index is 4520. The highest BCUT2D eigenvalue weighted by molar-refractivity contribution is 7.81. The molecule has 2 heterocycles. The number of rotatable bonds is 13. The maximum Gasteiger partial charge on any atom is 0.218 e. The van der Waals surface area contributed by atoms with Crippen molar-refractivity contribution in [1.29, 1.82) is 0 Å². The molecule has 3 atom stereocenters. The number of anilines is 2. The van der Waals surface area contributed by atoms with Crippen molar-refractivity contribution in [1.82, 2.24) is 37.4 Å². The molecule has 18 N–H and O–H groups in total. The largest absolute Gasteiger partial charge is 0.494 e. The van der Waals surface area contributed by atoms with Crippen molar-refractivity contribution in [2.24, 2.45) is 75.5 Å². The fraction of sp³-hybridized carbons (Fsp3) is 0.361. The summed E-state index contributed by atoms with van der Waals surface area (Å²) in [6.07, 6.45) is 26.4. The molecule has 6 aliphatic rings. The monoisotopic (exact) mass is 1660 g/mol. The minimum Gasteiger partial charge on any atom is -0.494 e. The molecular formula is C83H107Cl2N21O2S5. The lowest BCUT2D eigenvalue weighted by molar-refractivity contribution is 0.340. The molecule has 1 aromatic heterocycles. The summed E-state index contributed by atoms with van der Waals surface area (Å²) in [5, 5.41) is 51.2. The number of benzene rings is 6. The average Bonchev–Trinajstić information content (AvgIpc) is 1.61. The average molecular weight is 1660 g/mol. The maximum absolute atomic E-state index is 10.0. The quantitative estimate of drug-likeness (QED) is 0.0127. The van der Waals surface area contributed by atoms with Crippen molar-refractivity contribution in [3.05, 3.63) is 196 Å². The number of thiocarbonyl (C=S) groups is 5. The highest BCUT2D eigenvalue weighted by Gasteiger charge is 2.27. The van der Waals surface area contributed by atoms with E-state index in [4.69, 9.17) is 99.7 Å². The van der Waals surface area contributed by atoms with Gasteiger partial charge in [0.2, 0.25) is 17.0 Å². The van der Waals surface area contributed by atoms with Crippen LogP contribution in [-0.4, -0.2) is 90.0 Å². The third kappa shape index (κ3) is 30.9. The molecule has 0 bridgehead atoms. The lowest BCUT2D eigenvalue weighted by Gasteiger charge is -2.27. The molecule has 3 unspecified atom stereocenters. The molecule has 0 amide bonds. The number of fused-ring (bicyclic) bond motifs is 4. The lowest BCUT2D eigenvalue weighted by Crippen LogP contribution is -2.43. The summed E-state index contributed by atoms with van der Waals surface area (Å²) in [6, 6.07) is 47.4. The highest BCUT2D eigenvalue weighted by Crippen LogP contribution is 2.41. The standard InChI is InChI=1S/C18H17N3S.C17H14Cl2N4O2S.C13H18N4S.C13H22N4.C13H17N3S.C8H15N3S.CH4/c1-12(2)11-19-18(22)21-20-17-15-9-5-3-7-13(15)14-8-4-6-10-16(14)17;1-2-25-11-5-3-10(4-6-11)20-17(26)23-22-15-12-7-9(18)8-13(19)14(12)21-16(15)24;18-13(15-11-7-3-1-4-8-11)17-16-12-9-5-2-6-10-14-12;14-13(15)17-16-12-9-5-4-8-11(12)10-6-2-1-3-7-10;14-13(17)16-15-12-9-5-4-8-11(12)10-6-2-1-3-7-10;1-6-4-2-3-5-7(6)10-11-8(9)12;/h3-10H,1,11H2,2H3,(H2,19,21,22);3-8,21,24H,2H2,1H3,(H,20,26);1,3-4,7-8H,2,5-6,9-10H2,(H,14,16)(H2,15,17,18);6,11H,1-5,7-9H2,(H4,14,15,17);1-3,6-7,11H,4-5,8-9H2,(H3,14,16,17);6H,2-5H2,1H3,(H3,9,11,12);1H4/b;;;16-12+;15-12+;10-7+;. The fourth-order valence-electron chi connectivity index (χ4n) is 13.2. The number of amidine groups is 1. The van der Waals surface area contributed by atoms with Gasteiger partial charge in [0.1, 0.15) is 11.6 Å². The predicted molar refractivity (Wildman–Crippen MR) is 493 cm³/mol. The number of nitrogens with one attached hydrogen (secondary N) is 9. The van der Waals surface area contributed by atoms with E-state index in [1.807, 2.05) is 98.8 Å². The first kappa shape index (κ1) is 90.4. The van der Waals surface area contributed by atoms with Gasteiger partial charge in [0, 0.05) is 81.4 Å². The number of aromatic nitrogens is 1. The number of guanidine groups is 1. The van der Waals surface area contributed by atoms with Crippen molar-refractivity contribution < 1.29 is 9.84 Å². The molecule has 0 spiro atoms. The second-order valence-electron chi connectivity index (χ2n) is 27.2. The number of H-pyrrole nitrogens is 1. The van der Waals surface area contributed by atoms with Gasteiger partial charge in [-0.25, -0.2) is 0 Å². The van der Waals surface area contributed by atoms with E-state index in [0.717, 1.165) is 89.7 Å². The van der Waals surface area contributed by atoms with E-state index in [2.05, 4.69) is 169 Å². The van der Waals surface area contributed by atoms with Crippen LogP contribution >= 0.6 is 84.3 Å². The number of azo groups is 1. The molecule has 6 aromatic carbocycles. The molecule has 5 aliphatic carbocycles. The summed E-state index contributed by atoms with van der Waals surface area (Å²) < 4.78 is 5.38. The van der Waals surface area contributed by atoms with Crippen LogP contribution in [0, 0.1) is 11.8 Å². The van der Waals surface area contributed by atoms with E-state index in [1.165, 1.54) is 124 Å².